The SMILES string of the molecule is COC(=O)c1cc(CBr)c(C#N)cc1Cl. The second-order valence-corrected chi connectivity index (χ2v) is 3.69. The molecule has 5 heteroatoms. The normalized spacial score (nSPS) is 9.47. The topological polar surface area (TPSA) is 50.1 Å². The number of hydrogen-bond donors (Lipinski definition) is 0. The number of esters is 1. The lowest BCUT2D eigenvalue weighted by Crippen LogP contribution is -2.04. The maximum absolute atomic E-state index is 11.3. The van der Waals surface area contributed by atoms with Gasteiger partial charge in [0.2, 0.25) is 0 Å². The van der Waals surface area contributed by atoms with Gasteiger partial charge in [0, 0.05) is 5.33 Å². The van der Waals surface area contributed by atoms with Crippen LogP contribution in [0.15, 0.2) is 12.1 Å². The molecule has 0 saturated carbocycles. The van der Waals surface area contributed by atoms with Gasteiger partial charge in [0.05, 0.1) is 29.3 Å². The fourth-order valence-electron chi connectivity index (χ4n) is 1.10. The Morgan fingerprint density at radius 1 is 1.67 bits per heavy atom. The number of carbonyl (C=O) groups excluding carboxylic acids is 1. The Morgan fingerprint density at radius 3 is 2.80 bits per heavy atom. The van der Waals surface area contributed by atoms with Crippen LogP contribution in [0.3, 0.4) is 0 Å². The molecule has 0 saturated heterocycles. The number of ether oxygens (including phenoxy) is 1. The van der Waals surface area contributed by atoms with E-state index in [0.29, 0.717) is 16.5 Å². The van der Waals surface area contributed by atoms with Crippen molar-refractivity contribution in [2.45, 2.75) is 5.33 Å². The van der Waals surface area contributed by atoms with E-state index in [1.54, 1.807) is 6.07 Å². The molecule has 0 bridgehead atoms. The molecular weight excluding hydrogens is 281 g/mol. The number of hydrogen-bond acceptors (Lipinski definition) is 3. The zero-order valence-corrected chi connectivity index (χ0v) is 10.2. The molecule has 0 aromatic heterocycles. The number of halogens is 2. The smallest absolute Gasteiger partial charge is 0.339 e. The third-order valence-corrected chi connectivity index (χ3v) is 2.78. The van der Waals surface area contributed by atoms with Gasteiger partial charge in [-0.2, -0.15) is 5.26 Å². The lowest BCUT2D eigenvalue weighted by molar-refractivity contribution is 0.0601. The van der Waals surface area contributed by atoms with Gasteiger partial charge >= 0.3 is 5.97 Å². The lowest BCUT2D eigenvalue weighted by Gasteiger charge is -2.06. The molecule has 3 nitrogen and oxygen atoms in total. The highest BCUT2D eigenvalue weighted by atomic mass is 79.9. The first kappa shape index (κ1) is 12.0. The summed E-state index contributed by atoms with van der Waals surface area (Å²) in [7, 11) is 1.28. The van der Waals surface area contributed by atoms with E-state index in [2.05, 4.69) is 20.7 Å². The molecule has 0 atom stereocenters. The maximum Gasteiger partial charge on any atom is 0.339 e. The van der Waals surface area contributed by atoms with Gasteiger partial charge in [0.15, 0.2) is 0 Å². The molecule has 1 rings (SSSR count). The first-order chi connectivity index (χ1) is 7.13. The van der Waals surface area contributed by atoms with E-state index < -0.39 is 5.97 Å². The number of carbonyl (C=O) groups is 1. The summed E-state index contributed by atoms with van der Waals surface area (Å²) in [5, 5.41) is 9.52. The van der Waals surface area contributed by atoms with Gasteiger partial charge in [-0.15, -0.1) is 0 Å². The summed E-state index contributed by atoms with van der Waals surface area (Å²) >= 11 is 9.08. The monoisotopic (exact) mass is 287 g/mol. The van der Waals surface area contributed by atoms with Crippen LogP contribution in [-0.4, -0.2) is 13.1 Å². The Bertz CT molecular complexity index is 440. The van der Waals surface area contributed by atoms with Crippen LogP contribution in [0, 0.1) is 11.3 Å². The molecule has 1 aromatic rings. The van der Waals surface area contributed by atoms with Crippen LogP contribution in [0.2, 0.25) is 5.02 Å². The molecular formula is C10H7BrClNO2. The molecule has 0 fully saturated rings. The molecule has 0 radical (unpaired) electrons. The Kier molecular flexibility index (Phi) is 4.13. The first-order valence-electron chi connectivity index (χ1n) is 4.00. The first-order valence-corrected chi connectivity index (χ1v) is 5.50. The molecule has 0 N–H and O–H groups in total. The summed E-state index contributed by atoms with van der Waals surface area (Å²) in [6, 6.07) is 5.02. The molecule has 0 spiro atoms. The second kappa shape index (κ2) is 5.15. The minimum Gasteiger partial charge on any atom is -0.465 e. The number of methoxy groups -OCH3 is 1. The molecule has 0 unspecified atom stereocenters. The van der Waals surface area contributed by atoms with Crippen molar-refractivity contribution in [1.29, 1.82) is 5.26 Å². The predicted octanol–water partition coefficient (Wildman–Crippen LogP) is 2.89. The highest BCUT2D eigenvalue weighted by molar-refractivity contribution is 9.08. The van der Waals surface area contributed by atoms with Crippen LogP contribution < -0.4 is 0 Å². The van der Waals surface area contributed by atoms with Crippen molar-refractivity contribution >= 4 is 33.5 Å². The van der Waals surface area contributed by atoms with Crippen molar-refractivity contribution in [1.82, 2.24) is 0 Å². The third kappa shape index (κ3) is 2.49. The quantitative estimate of drug-likeness (QED) is 0.621. The van der Waals surface area contributed by atoms with Gasteiger partial charge in [-0.3, -0.25) is 0 Å². The van der Waals surface area contributed by atoms with Crippen molar-refractivity contribution in [3.63, 3.8) is 0 Å². The summed E-state index contributed by atoms with van der Waals surface area (Å²) in [5.74, 6) is -0.508. The summed E-state index contributed by atoms with van der Waals surface area (Å²) in [4.78, 5) is 11.3. The summed E-state index contributed by atoms with van der Waals surface area (Å²) in [6.07, 6.45) is 0. The van der Waals surface area contributed by atoms with Gasteiger partial charge in [-0.05, 0) is 17.7 Å². The summed E-state index contributed by atoms with van der Waals surface area (Å²) < 4.78 is 4.57. The molecule has 0 heterocycles. The third-order valence-electron chi connectivity index (χ3n) is 1.86. The summed E-state index contributed by atoms with van der Waals surface area (Å²) in [6.45, 7) is 0. The van der Waals surface area contributed by atoms with Crippen LogP contribution >= 0.6 is 27.5 Å². The van der Waals surface area contributed by atoms with E-state index in [4.69, 9.17) is 16.9 Å². The fourth-order valence-corrected chi connectivity index (χ4v) is 1.80. The van der Waals surface area contributed by atoms with Gasteiger partial charge in [0.1, 0.15) is 0 Å². The predicted molar refractivity (Wildman–Crippen MR) is 60.1 cm³/mol. The minimum atomic E-state index is -0.508. The molecule has 0 amide bonds. The van der Waals surface area contributed by atoms with E-state index in [1.165, 1.54) is 13.2 Å². The van der Waals surface area contributed by atoms with E-state index >= 15 is 0 Å². The number of rotatable bonds is 2. The molecule has 1 aromatic carbocycles. The number of nitrogens with zero attached hydrogens (tertiary/aromatic N) is 1. The molecule has 0 aliphatic carbocycles. The van der Waals surface area contributed by atoms with Crippen LogP contribution in [0.1, 0.15) is 21.5 Å². The van der Waals surface area contributed by atoms with Crippen molar-refractivity contribution in [3.05, 3.63) is 33.8 Å². The van der Waals surface area contributed by atoms with Crippen LogP contribution in [-0.2, 0) is 10.1 Å². The van der Waals surface area contributed by atoms with Crippen molar-refractivity contribution in [2.24, 2.45) is 0 Å². The van der Waals surface area contributed by atoms with Crippen molar-refractivity contribution in [3.8, 4) is 6.07 Å². The van der Waals surface area contributed by atoms with E-state index in [9.17, 15) is 4.79 Å². The number of alkyl halides is 1. The number of nitriles is 1. The largest absolute Gasteiger partial charge is 0.465 e. The second-order valence-electron chi connectivity index (χ2n) is 2.73. The Hall–Kier alpha value is -1.05. The number of benzene rings is 1. The fraction of sp³-hybridized carbons (Fsp3) is 0.200. The standard InChI is InChI=1S/C10H7BrClNO2/c1-15-10(14)8-2-6(4-11)7(5-13)3-9(8)12/h2-3H,4H2,1H3. The van der Waals surface area contributed by atoms with Crippen LogP contribution in [0.5, 0.6) is 0 Å². The highest BCUT2D eigenvalue weighted by Crippen LogP contribution is 2.23. The van der Waals surface area contributed by atoms with Crippen LogP contribution in [0.4, 0.5) is 0 Å². The van der Waals surface area contributed by atoms with E-state index in [1.807, 2.05) is 6.07 Å². The maximum atomic E-state index is 11.3. The molecule has 0 aliphatic rings. The Balaban J connectivity index is 3.33. The van der Waals surface area contributed by atoms with Gasteiger partial charge < -0.3 is 4.74 Å². The molecule has 78 valence electrons. The van der Waals surface area contributed by atoms with Crippen molar-refractivity contribution in [2.75, 3.05) is 7.11 Å². The van der Waals surface area contributed by atoms with E-state index in [-0.39, 0.29) is 10.6 Å². The highest BCUT2D eigenvalue weighted by Gasteiger charge is 2.14. The average Bonchev–Trinajstić information content (AvgIpc) is 2.27. The lowest BCUT2D eigenvalue weighted by atomic mass is 10.1. The van der Waals surface area contributed by atoms with Crippen molar-refractivity contribution < 1.29 is 9.53 Å². The van der Waals surface area contributed by atoms with Gasteiger partial charge in [-0.1, -0.05) is 27.5 Å². The molecule has 0 aliphatic heterocycles. The zero-order chi connectivity index (χ0) is 11.4. The average molecular weight is 289 g/mol. The minimum absolute atomic E-state index is 0.225. The Labute approximate surface area is 101 Å². The Morgan fingerprint density at radius 2 is 2.33 bits per heavy atom. The van der Waals surface area contributed by atoms with E-state index in [0.717, 1.165) is 0 Å². The van der Waals surface area contributed by atoms with Gasteiger partial charge in [0.25, 0.3) is 0 Å². The summed E-state index contributed by atoms with van der Waals surface area (Å²) in [5.41, 5.74) is 1.43. The van der Waals surface area contributed by atoms with Gasteiger partial charge in [-0.25, -0.2) is 4.79 Å². The van der Waals surface area contributed by atoms with Crippen LogP contribution in [0.25, 0.3) is 0 Å². The zero-order valence-electron chi connectivity index (χ0n) is 7.88. The molecule has 15 heavy (non-hydrogen) atoms.